The van der Waals surface area contributed by atoms with Crippen LogP contribution >= 0.6 is 11.6 Å². The van der Waals surface area contributed by atoms with Crippen LogP contribution in [-0.4, -0.2) is 40.8 Å². The van der Waals surface area contributed by atoms with E-state index in [2.05, 4.69) is 46.3 Å². The molecular weight excluding hydrogens is 444 g/mol. The number of halogens is 1. The number of nitrogens with zero attached hydrogens (tertiary/aromatic N) is 1. The minimum Gasteiger partial charge on any atom is -0.497 e. The van der Waals surface area contributed by atoms with Crippen molar-refractivity contribution >= 4 is 22.5 Å². The summed E-state index contributed by atoms with van der Waals surface area (Å²) in [6.45, 7) is 2.38. The predicted octanol–water partition coefficient (Wildman–Crippen LogP) is 5.50. The van der Waals surface area contributed by atoms with Gasteiger partial charge in [-0.2, -0.15) is 0 Å². The van der Waals surface area contributed by atoms with Crippen molar-refractivity contribution in [3.63, 3.8) is 0 Å². The zero-order chi connectivity index (χ0) is 23.3. The Morgan fingerprint density at radius 3 is 2.71 bits per heavy atom. The molecule has 0 saturated carbocycles. The van der Waals surface area contributed by atoms with E-state index in [1.54, 1.807) is 7.11 Å². The first kappa shape index (κ1) is 21.7. The number of methoxy groups -OCH3 is 1. The van der Waals surface area contributed by atoms with E-state index >= 15 is 0 Å². The summed E-state index contributed by atoms with van der Waals surface area (Å²) < 4.78 is 5.57. The van der Waals surface area contributed by atoms with Crippen LogP contribution in [0.5, 0.6) is 5.75 Å². The van der Waals surface area contributed by atoms with Gasteiger partial charge in [0, 0.05) is 53.0 Å². The molecule has 1 saturated heterocycles. The van der Waals surface area contributed by atoms with Crippen LogP contribution in [0.25, 0.3) is 10.9 Å². The number of fused-ring (bicyclic) bond motifs is 4. The van der Waals surface area contributed by atoms with Crippen molar-refractivity contribution in [1.29, 1.82) is 0 Å². The molecule has 4 aromatic rings. The minimum atomic E-state index is -0.920. The second kappa shape index (κ2) is 8.16. The third-order valence-electron chi connectivity index (χ3n) is 8.01. The average Bonchev–Trinajstić information content (AvgIpc) is 3.18. The highest BCUT2D eigenvalue weighted by Crippen LogP contribution is 2.52. The zero-order valence-electron chi connectivity index (χ0n) is 19.4. The standard InChI is InChI=1S/C29H29ClN2O2/c1-34-23-9-5-8-21(14-23)28-12-13-32(18-20-6-3-2-4-7-20)19-29(28,33)16-25-24-15-22(30)10-11-26(24)31-27(25)17-28/h2-11,14-15,31,33H,12-13,16-19H2,1H3. The second-order valence-electron chi connectivity index (χ2n) is 9.92. The maximum Gasteiger partial charge on any atom is 0.119 e. The van der Waals surface area contributed by atoms with E-state index in [0.717, 1.165) is 53.2 Å². The first-order valence-electron chi connectivity index (χ1n) is 11.9. The van der Waals surface area contributed by atoms with E-state index in [0.29, 0.717) is 13.0 Å². The number of β-amino-alcohol motifs (C(OH)–C–C–N with tert-alkyl or cyclic N) is 1. The molecule has 34 heavy (non-hydrogen) atoms. The fraction of sp³-hybridized carbons (Fsp3) is 0.310. The van der Waals surface area contributed by atoms with Crippen molar-refractivity contribution in [3.8, 4) is 5.75 Å². The highest BCUT2D eigenvalue weighted by molar-refractivity contribution is 6.31. The monoisotopic (exact) mass is 472 g/mol. The number of H-pyrrole nitrogens is 1. The molecule has 2 N–H and O–H groups in total. The van der Waals surface area contributed by atoms with Gasteiger partial charge in [0.2, 0.25) is 0 Å². The molecule has 0 radical (unpaired) electrons. The smallest absolute Gasteiger partial charge is 0.119 e. The van der Waals surface area contributed by atoms with Crippen LogP contribution in [0, 0.1) is 0 Å². The van der Waals surface area contributed by atoms with Crippen LogP contribution in [0.4, 0.5) is 0 Å². The third-order valence-corrected chi connectivity index (χ3v) is 8.24. The van der Waals surface area contributed by atoms with Gasteiger partial charge in [-0.25, -0.2) is 0 Å². The van der Waals surface area contributed by atoms with Gasteiger partial charge in [0.05, 0.1) is 12.7 Å². The molecule has 1 aliphatic heterocycles. The summed E-state index contributed by atoms with van der Waals surface area (Å²) in [5.41, 5.74) is 4.59. The minimum absolute atomic E-state index is 0.396. The second-order valence-corrected chi connectivity index (χ2v) is 10.4. The maximum atomic E-state index is 12.6. The molecule has 0 amide bonds. The van der Waals surface area contributed by atoms with E-state index < -0.39 is 11.0 Å². The lowest BCUT2D eigenvalue weighted by atomic mass is 9.56. The van der Waals surface area contributed by atoms with Gasteiger partial charge in [-0.05, 0) is 60.0 Å². The molecule has 3 aromatic carbocycles. The highest BCUT2D eigenvalue weighted by Gasteiger charge is 2.57. The first-order valence-corrected chi connectivity index (χ1v) is 12.3. The number of ether oxygens (including phenoxy) is 1. The van der Waals surface area contributed by atoms with E-state index in [1.807, 2.05) is 36.4 Å². The van der Waals surface area contributed by atoms with Gasteiger partial charge in [-0.15, -0.1) is 0 Å². The Balaban J connectivity index is 1.46. The lowest BCUT2D eigenvalue weighted by Crippen LogP contribution is -2.66. The summed E-state index contributed by atoms with van der Waals surface area (Å²) in [6, 6.07) is 24.8. The zero-order valence-corrected chi connectivity index (χ0v) is 20.1. The summed E-state index contributed by atoms with van der Waals surface area (Å²) in [6.07, 6.45) is 2.22. The molecule has 2 unspecified atom stereocenters. The molecular formula is C29H29ClN2O2. The topological polar surface area (TPSA) is 48.5 Å². The number of aliphatic hydroxyl groups is 1. The Labute approximate surface area is 205 Å². The van der Waals surface area contributed by atoms with E-state index in [1.165, 1.54) is 16.8 Å². The SMILES string of the molecule is COc1cccc(C23CCN(Cc4ccccc4)CC2(O)Cc2c([nH]c4ccc(Cl)cc24)C3)c1. The van der Waals surface area contributed by atoms with Crippen LogP contribution in [-0.2, 0) is 24.8 Å². The van der Waals surface area contributed by atoms with Gasteiger partial charge < -0.3 is 14.8 Å². The Hall–Kier alpha value is -2.79. The van der Waals surface area contributed by atoms with E-state index in [4.69, 9.17) is 16.3 Å². The van der Waals surface area contributed by atoms with Crippen LogP contribution in [0.15, 0.2) is 72.8 Å². The predicted molar refractivity (Wildman–Crippen MR) is 137 cm³/mol. The van der Waals surface area contributed by atoms with Crippen molar-refractivity contribution in [2.75, 3.05) is 20.2 Å². The van der Waals surface area contributed by atoms with Crippen LogP contribution in [0.3, 0.4) is 0 Å². The molecule has 5 heteroatoms. The van der Waals surface area contributed by atoms with Gasteiger partial charge >= 0.3 is 0 Å². The fourth-order valence-electron chi connectivity index (χ4n) is 6.30. The van der Waals surface area contributed by atoms with Gasteiger partial charge in [-0.1, -0.05) is 54.1 Å². The highest BCUT2D eigenvalue weighted by atomic mass is 35.5. The molecule has 2 aliphatic rings. The largest absolute Gasteiger partial charge is 0.497 e. The van der Waals surface area contributed by atoms with E-state index in [9.17, 15) is 5.11 Å². The number of aromatic nitrogens is 1. The summed E-state index contributed by atoms with van der Waals surface area (Å²) in [5, 5.41) is 14.4. The molecule has 0 spiro atoms. The number of piperidine rings is 1. The lowest BCUT2D eigenvalue weighted by molar-refractivity contribution is -0.105. The maximum absolute atomic E-state index is 12.6. The summed E-state index contributed by atoms with van der Waals surface area (Å²) in [4.78, 5) is 6.06. The Morgan fingerprint density at radius 2 is 1.88 bits per heavy atom. The average molecular weight is 473 g/mol. The Kier molecular flexibility index (Phi) is 5.21. The van der Waals surface area contributed by atoms with Crippen molar-refractivity contribution in [3.05, 3.63) is 100 Å². The number of likely N-dealkylation sites (tertiary alicyclic amines) is 1. The quantitative estimate of drug-likeness (QED) is 0.412. The number of hydrogen-bond acceptors (Lipinski definition) is 3. The number of rotatable bonds is 4. The molecule has 1 fully saturated rings. The normalized spacial score (nSPS) is 24.6. The van der Waals surface area contributed by atoms with Crippen molar-refractivity contribution in [2.45, 2.75) is 36.8 Å². The van der Waals surface area contributed by atoms with Crippen molar-refractivity contribution < 1.29 is 9.84 Å². The molecule has 174 valence electrons. The third kappa shape index (κ3) is 3.44. The van der Waals surface area contributed by atoms with Crippen LogP contribution < -0.4 is 4.74 Å². The van der Waals surface area contributed by atoms with Gasteiger partial charge in [-0.3, -0.25) is 4.90 Å². The molecule has 1 aromatic heterocycles. The molecule has 4 nitrogen and oxygen atoms in total. The summed E-state index contributed by atoms with van der Waals surface area (Å²) >= 11 is 6.36. The van der Waals surface area contributed by atoms with Crippen molar-refractivity contribution in [1.82, 2.24) is 9.88 Å². The van der Waals surface area contributed by atoms with Gasteiger partial charge in [0.15, 0.2) is 0 Å². The molecule has 2 heterocycles. The van der Waals surface area contributed by atoms with Gasteiger partial charge in [0.25, 0.3) is 0 Å². The summed E-state index contributed by atoms with van der Waals surface area (Å²) in [5.74, 6) is 0.829. The molecule has 6 rings (SSSR count). The van der Waals surface area contributed by atoms with Crippen molar-refractivity contribution in [2.24, 2.45) is 0 Å². The molecule has 1 aliphatic carbocycles. The van der Waals surface area contributed by atoms with E-state index in [-0.39, 0.29) is 0 Å². The first-order chi connectivity index (χ1) is 16.5. The number of aromatic amines is 1. The number of nitrogens with one attached hydrogen (secondary N) is 1. The lowest BCUT2D eigenvalue weighted by Gasteiger charge is -2.56. The fourth-order valence-corrected chi connectivity index (χ4v) is 6.47. The van der Waals surface area contributed by atoms with Gasteiger partial charge in [0.1, 0.15) is 5.75 Å². The van der Waals surface area contributed by atoms with Crippen LogP contribution in [0.2, 0.25) is 5.02 Å². The summed E-state index contributed by atoms with van der Waals surface area (Å²) in [7, 11) is 1.70. The molecule has 0 bridgehead atoms. The Morgan fingerprint density at radius 1 is 1.03 bits per heavy atom. The Bertz CT molecular complexity index is 1350. The number of benzene rings is 3. The van der Waals surface area contributed by atoms with Crippen LogP contribution in [0.1, 0.15) is 28.8 Å². The number of hydrogen-bond donors (Lipinski definition) is 2. The molecule has 2 atom stereocenters.